The van der Waals surface area contributed by atoms with Gasteiger partial charge in [0.05, 0.1) is 17.4 Å². The van der Waals surface area contributed by atoms with E-state index in [1.54, 1.807) is 18.2 Å². The number of sulfonamides is 1. The smallest absolute Gasteiger partial charge is 0.245 e. The Bertz CT molecular complexity index is 920. The Morgan fingerprint density at radius 1 is 1.38 bits per heavy atom. The molecule has 1 aromatic heterocycles. The average Bonchev–Trinajstić information content (AvgIpc) is 3.24. The van der Waals surface area contributed by atoms with Crippen LogP contribution in [0.5, 0.6) is 0 Å². The summed E-state index contributed by atoms with van der Waals surface area (Å²) in [5, 5.41) is 6.60. The van der Waals surface area contributed by atoms with E-state index >= 15 is 0 Å². The molecule has 2 aromatic rings. The highest BCUT2D eigenvalue weighted by molar-refractivity contribution is 7.89. The first-order chi connectivity index (χ1) is 12.3. The molecule has 1 saturated heterocycles. The number of hydrogen-bond acceptors (Lipinski definition) is 5. The van der Waals surface area contributed by atoms with Crippen LogP contribution >= 0.6 is 0 Å². The molecule has 0 unspecified atom stereocenters. The van der Waals surface area contributed by atoms with Crippen molar-refractivity contribution < 1.29 is 17.7 Å². The van der Waals surface area contributed by atoms with Crippen LogP contribution in [-0.4, -0.2) is 30.3 Å². The van der Waals surface area contributed by atoms with Gasteiger partial charge in [-0.25, -0.2) is 8.42 Å². The molecule has 140 valence electrons. The number of benzene rings is 1. The summed E-state index contributed by atoms with van der Waals surface area (Å²) in [6.07, 6.45) is 2.15. The summed E-state index contributed by atoms with van der Waals surface area (Å²) in [7, 11) is -3.80. The fourth-order valence-electron chi connectivity index (χ4n) is 3.23. The molecule has 8 heteroatoms. The number of hydrogen-bond donors (Lipinski definition) is 1. The van der Waals surface area contributed by atoms with Crippen molar-refractivity contribution in [1.82, 2.24) is 9.46 Å². The summed E-state index contributed by atoms with van der Waals surface area (Å²) in [4.78, 5) is 11.6. The zero-order valence-corrected chi connectivity index (χ0v) is 16.0. The average molecular weight is 377 g/mol. The van der Waals surface area contributed by atoms with Crippen LogP contribution in [0.1, 0.15) is 49.7 Å². The highest BCUT2D eigenvalue weighted by Gasteiger charge is 2.39. The molecular weight excluding hydrogens is 354 g/mol. The lowest BCUT2D eigenvalue weighted by molar-refractivity contribution is -0.114. The topological polar surface area (TPSA) is 92.5 Å². The minimum absolute atomic E-state index is 0.106. The fraction of sp³-hybridized carbons (Fsp3) is 0.444. The Kier molecular flexibility index (Phi) is 5.15. The molecule has 1 atom stereocenters. The molecule has 1 aliphatic heterocycles. The van der Waals surface area contributed by atoms with Gasteiger partial charge in [-0.3, -0.25) is 4.79 Å². The van der Waals surface area contributed by atoms with Crippen molar-refractivity contribution in [1.29, 1.82) is 0 Å². The lowest BCUT2D eigenvalue weighted by atomic mass is 10.1. The van der Waals surface area contributed by atoms with E-state index in [0.29, 0.717) is 24.4 Å². The van der Waals surface area contributed by atoms with Gasteiger partial charge in [-0.15, -0.1) is 0 Å². The van der Waals surface area contributed by atoms with Crippen molar-refractivity contribution in [2.24, 2.45) is 0 Å². The lowest BCUT2D eigenvalue weighted by Crippen LogP contribution is -2.31. The predicted octanol–water partition coefficient (Wildman–Crippen LogP) is 3.03. The molecule has 0 saturated carbocycles. The first kappa shape index (κ1) is 18.6. The summed E-state index contributed by atoms with van der Waals surface area (Å²) in [6.45, 7) is 5.55. The van der Waals surface area contributed by atoms with Crippen molar-refractivity contribution in [2.45, 2.75) is 51.0 Å². The minimum atomic E-state index is -3.80. The monoisotopic (exact) mass is 377 g/mol. The van der Waals surface area contributed by atoms with E-state index in [4.69, 9.17) is 4.52 Å². The lowest BCUT2D eigenvalue weighted by Gasteiger charge is -2.23. The van der Waals surface area contributed by atoms with Gasteiger partial charge in [0, 0.05) is 19.5 Å². The third-order valence-corrected chi connectivity index (χ3v) is 6.45. The number of carbonyl (C=O) groups is 1. The van der Waals surface area contributed by atoms with Gasteiger partial charge in [0.1, 0.15) is 4.90 Å². The maximum atomic E-state index is 13.4. The van der Waals surface area contributed by atoms with E-state index in [1.165, 1.54) is 11.2 Å². The summed E-state index contributed by atoms with van der Waals surface area (Å²) in [5.41, 5.74) is 1.90. The number of aromatic nitrogens is 1. The molecule has 1 fully saturated rings. The van der Waals surface area contributed by atoms with E-state index in [9.17, 15) is 13.2 Å². The number of rotatable bonds is 5. The zero-order chi connectivity index (χ0) is 18.9. The SMILES string of the molecule is CCc1cc([C@H]2CCCN2S(=O)(=O)c2cc(C)ccc2NC(C)=O)on1. The first-order valence-corrected chi connectivity index (χ1v) is 10.1. The Morgan fingerprint density at radius 2 is 2.15 bits per heavy atom. The molecule has 7 nitrogen and oxygen atoms in total. The molecule has 0 spiro atoms. The molecule has 3 rings (SSSR count). The van der Waals surface area contributed by atoms with Crippen LogP contribution in [0.4, 0.5) is 5.69 Å². The third-order valence-electron chi connectivity index (χ3n) is 4.51. The maximum absolute atomic E-state index is 13.4. The normalized spacial score (nSPS) is 18.2. The van der Waals surface area contributed by atoms with Crippen LogP contribution in [0.2, 0.25) is 0 Å². The molecule has 2 heterocycles. The van der Waals surface area contributed by atoms with Crippen LogP contribution in [0.15, 0.2) is 33.7 Å². The van der Waals surface area contributed by atoms with Gasteiger partial charge in [-0.1, -0.05) is 18.1 Å². The van der Waals surface area contributed by atoms with Crippen LogP contribution in [0, 0.1) is 6.92 Å². The van der Waals surface area contributed by atoms with Gasteiger partial charge in [0.2, 0.25) is 15.9 Å². The molecule has 0 radical (unpaired) electrons. The second-order valence-electron chi connectivity index (χ2n) is 6.53. The number of amides is 1. The summed E-state index contributed by atoms with van der Waals surface area (Å²) < 4.78 is 33.6. The summed E-state index contributed by atoms with van der Waals surface area (Å²) in [5.74, 6) is 0.253. The Hall–Kier alpha value is -2.19. The summed E-state index contributed by atoms with van der Waals surface area (Å²) in [6, 6.07) is 6.43. The van der Waals surface area contributed by atoms with Crippen molar-refractivity contribution >= 4 is 21.6 Å². The second kappa shape index (κ2) is 7.20. The van der Waals surface area contributed by atoms with Crippen LogP contribution in [-0.2, 0) is 21.2 Å². The maximum Gasteiger partial charge on any atom is 0.245 e. The Morgan fingerprint density at radius 3 is 2.81 bits per heavy atom. The van der Waals surface area contributed by atoms with Crippen molar-refractivity contribution in [3.63, 3.8) is 0 Å². The van der Waals surface area contributed by atoms with Crippen LogP contribution < -0.4 is 5.32 Å². The van der Waals surface area contributed by atoms with Gasteiger partial charge in [0.15, 0.2) is 5.76 Å². The molecule has 0 bridgehead atoms. The predicted molar refractivity (Wildman–Crippen MR) is 97.2 cm³/mol. The van der Waals surface area contributed by atoms with Crippen molar-refractivity contribution in [3.05, 3.63) is 41.3 Å². The summed E-state index contributed by atoms with van der Waals surface area (Å²) >= 11 is 0. The highest BCUT2D eigenvalue weighted by Crippen LogP contribution is 2.38. The first-order valence-electron chi connectivity index (χ1n) is 8.68. The molecular formula is C18H23N3O4S. The van der Waals surface area contributed by atoms with Crippen LogP contribution in [0.3, 0.4) is 0 Å². The molecule has 1 N–H and O–H groups in total. The van der Waals surface area contributed by atoms with Crippen molar-refractivity contribution in [2.75, 3.05) is 11.9 Å². The highest BCUT2D eigenvalue weighted by atomic mass is 32.2. The number of anilines is 1. The zero-order valence-electron chi connectivity index (χ0n) is 15.2. The molecule has 1 aliphatic rings. The third kappa shape index (κ3) is 3.52. The number of nitrogens with zero attached hydrogens (tertiary/aromatic N) is 2. The standard InChI is InChI=1S/C18H23N3O4S/c1-4-14-11-17(25-20-14)16-6-5-9-21(16)26(23,24)18-10-12(2)7-8-15(18)19-13(3)22/h7-8,10-11,16H,4-6,9H2,1-3H3,(H,19,22)/t16-/m1/s1. The molecule has 26 heavy (non-hydrogen) atoms. The largest absolute Gasteiger partial charge is 0.359 e. The minimum Gasteiger partial charge on any atom is -0.359 e. The Labute approximate surface area is 153 Å². The number of carbonyl (C=O) groups excluding carboxylic acids is 1. The quantitative estimate of drug-likeness (QED) is 0.864. The van der Waals surface area contributed by atoms with E-state index in [1.807, 2.05) is 19.9 Å². The van der Waals surface area contributed by atoms with E-state index in [0.717, 1.165) is 24.1 Å². The second-order valence-corrected chi connectivity index (χ2v) is 8.39. The Balaban J connectivity index is 2.01. The van der Waals surface area contributed by atoms with Gasteiger partial charge in [-0.05, 0) is 43.9 Å². The van der Waals surface area contributed by atoms with E-state index < -0.39 is 10.0 Å². The fourth-order valence-corrected chi connectivity index (χ4v) is 5.12. The van der Waals surface area contributed by atoms with Gasteiger partial charge < -0.3 is 9.84 Å². The van der Waals surface area contributed by atoms with Gasteiger partial charge >= 0.3 is 0 Å². The van der Waals surface area contributed by atoms with Gasteiger partial charge in [-0.2, -0.15) is 4.31 Å². The molecule has 0 aliphatic carbocycles. The number of nitrogens with one attached hydrogen (secondary N) is 1. The van der Waals surface area contributed by atoms with E-state index in [2.05, 4.69) is 10.5 Å². The van der Waals surface area contributed by atoms with Gasteiger partial charge in [0.25, 0.3) is 0 Å². The molecule has 1 amide bonds. The van der Waals surface area contributed by atoms with Crippen LogP contribution in [0.25, 0.3) is 0 Å². The van der Waals surface area contributed by atoms with Crippen molar-refractivity contribution in [3.8, 4) is 0 Å². The molecule has 1 aromatic carbocycles. The number of aryl methyl sites for hydroxylation is 2. The van der Waals surface area contributed by atoms with E-state index in [-0.39, 0.29) is 16.8 Å².